The zero-order valence-electron chi connectivity index (χ0n) is 9.74. The molecule has 0 rings (SSSR count). The molecule has 2 N–H and O–H groups in total. The molecule has 0 aromatic heterocycles. The third-order valence-corrected chi connectivity index (χ3v) is 1.69. The van der Waals surface area contributed by atoms with E-state index in [0.29, 0.717) is 33.0 Å². The Bertz CT molecular complexity index is 165. The van der Waals surface area contributed by atoms with Gasteiger partial charge in [-0.05, 0) is 6.42 Å². The van der Waals surface area contributed by atoms with Crippen LogP contribution < -0.4 is 5.32 Å². The van der Waals surface area contributed by atoms with Crippen LogP contribution >= 0.6 is 0 Å². The van der Waals surface area contributed by atoms with Crippen molar-refractivity contribution in [2.24, 2.45) is 0 Å². The van der Waals surface area contributed by atoms with Gasteiger partial charge in [0.1, 0.15) is 6.61 Å². The maximum absolute atomic E-state index is 11.1. The summed E-state index contributed by atoms with van der Waals surface area (Å²) in [5, 5.41) is 11.1. The van der Waals surface area contributed by atoms with Crippen molar-refractivity contribution in [3.05, 3.63) is 0 Å². The Morgan fingerprint density at radius 2 is 2.00 bits per heavy atom. The predicted molar refractivity (Wildman–Crippen MR) is 58.2 cm³/mol. The molecule has 0 bridgehead atoms. The molecule has 0 aliphatic rings. The molecule has 0 saturated heterocycles. The number of hydrogen-bond donors (Lipinski definition) is 2. The second-order valence-electron chi connectivity index (χ2n) is 3.08. The Balaban J connectivity index is 3.11. The van der Waals surface area contributed by atoms with Crippen LogP contribution in [0.4, 0.5) is 0 Å². The van der Waals surface area contributed by atoms with E-state index in [1.54, 1.807) is 7.11 Å². The van der Waals surface area contributed by atoms with Crippen molar-refractivity contribution < 1.29 is 24.1 Å². The van der Waals surface area contributed by atoms with E-state index in [9.17, 15) is 4.79 Å². The largest absolute Gasteiger partial charge is 0.394 e. The molecule has 0 saturated carbocycles. The molecule has 1 amide bonds. The molecule has 0 fully saturated rings. The Labute approximate surface area is 95.9 Å². The summed E-state index contributed by atoms with van der Waals surface area (Å²) in [6, 6.07) is 0. The Morgan fingerprint density at radius 1 is 1.19 bits per heavy atom. The van der Waals surface area contributed by atoms with Crippen molar-refractivity contribution in [2.75, 3.05) is 53.3 Å². The fourth-order valence-corrected chi connectivity index (χ4v) is 0.927. The summed E-state index contributed by atoms with van der Waals surface area (Å²) in [7, 11) is 1.58. The van der Waals surface area contributed by atoms with Crippen LogP contribution in [0.1, 0.15) is 6.42 Å². The molecule has 0 spiro atoms. The number of aliphatic hydroxyl groups is 1. The lowest BCUT2D eigenvalue weighted by Crippen LogP contribution is -2.29. The molecule has 0 aliphatic carbocycles. The highest BCUT2D eigenvalue weighted by atomic mass is 16.5. The second kappa shape index (κ2) is 12.4. The van der Waals surface area contributed by atoms with Crippen LogP contribution in [0.15, 0.2) is 0 Å². The van der Waals surface area contributed by atoms with Gasteiger partial charge in [-0.3, -0.25) is 4.79 Å². The highest BCUT2D eigenvalue weighted by molar-refractivity contribution is 5.77. The van der Waals surface area contributed by atoms with Crippen LogP contribution in [0.5, 0.6) is 0 Å². The number of amides is 1. The molecule has 0 heterocycles. The highest BCUT2D eigenvalue weighted by Crippen LogP contribution is 1.82. The Hall–Kier alpha value is -0.690. The maximum atomic E-state index is 11.1. The van der Waals surface area contributed by atoms with E-state index in [-0.39, 0.29) is 19.1 Å². The molecule has 6 heteroatoms. The molecule has 0 aromatic carbocycles. The van der Waals surface area contributed by atoms with Gasteiger partial charge < -0.3 is 24.6 Å². The molecule has 0 atom stereocenters. The van der Waals surface area contributed by atoms with Gasteiger partial charge in [0.05, 0.1) is 26.4 Å². The quantitative estimate of drug-likeness (QED) is 0.457. The van der Waals surface area contributed by atoms with Crippen molar-refractivity contribution in [1.29, 1.82) is 0 Å². The first-order chi connectivity index (χ1) is 7.81. The predicted octanol–water partition coefficient (Wildman–Crippen LogP) is -0.835. The van der Waals surface area contributed by atoms with E-state index in [1.807, 2.05) is 0 Å². The number of ether oxygens (including phenoxy) is 3. The summed E-state index contributed by atoms with van der Waals surface area (Å²) in [4.78, 5) is 11.1. The molecule has 0 aromatic rings. The normalized spacial score (nSPS) is 10.4. The highest BCUT2D eigenvalue weighted by Gasteiger charge is 1.99. The van der Waals surface area contributed by atoms with Gasteiger partial charge in [0, 0.05) is 20.3 Å². The van der Waals surface area contributed by atoms with Crippen LogP contribution in [-0.2, 0) is 19.0 Å². The number of aliphatic hydroxyl groups excluding tert-OH is 1. The summed E-state index contributed by atoms with van der Waals surface area (Å²) >= 11 is 0. The number of methoxy groups -OCH3 is 1. The molecule has 6 nitrogen and oxygen atoms in total. The average molecular weight is 235 g/mol. The van der Waals surface area contributed by atoms with Gasteiger partial charge >= 0.3 is 0 Å². The summed E-state index contributed by atoms with van der Waals surface area (Å²) in [6.45, 7) is 2.42. The van der Waals surface area contributed by atoms with E-state index < -0.39 is 0 Å². The first kappa shape index (κ1) is 15.3. The summed E-state index contributed by atoms with van der Waals surface area (Å²) < 4.78 is 14.8. The fraction of sp³-hybridized carbons (Fsp3) is 0.900. The summed E-state index contributed by atoms with van der Waals surface area (Å²) in [5.74, 6) is -0.140. The zero-order valence-corrected chi connectivity index (χ0v) is 9.74. The van der Waals surface area contributed by atoms with Crippen LogP contribution in [0.25, 0.3) is 0 Å². The van der Waals surface area contributed by atoms with Crippen LogP contribution in [0.2, 0.25) is 0 Å². The van der Waals surface area contributed by atoms with E-state index in [0.717, 1.165) is 6.42 Å². The van der Waals surface area contributed by atoms with Gasteiger partial charge in [-0.2, -0.15) is 0 Å². The first-order valence-electron chi connectivity index (χ1n) is 5.33. The minimum absolute atomic E-state index is 0.0275. The Kier molecular flexibility index (Phi) is 11.8. The lowest BCUT2D eigenvalue weighted by Gasteiger charge is -2.06. The van der Waals surface area contributed by atoms with E-state index in [1.165, 1.54) is 0 Å². The van der Waals surface area contributed by atoms with Gasteiger partial charge in [0.25, 0.3) is 0 Å². The standard InChI is InChI=1S/C10H21NO5/c1-14-7-8-16-9-10(13)11-3-2-5-15-6-4-12/h12H,2-9H2,1H3,(H,11,13). The third-order valence-electron chi connectivity index (χ3n) is 1.69. The molecular formula is C10H21NO5. The zero-order chi connectivity index (χ0) is 12.1. The van der Waals surface area contributed by atoms with Gasteiger partial charge in [0.15, 0.2) is 0 Å². The van der Waals surface area contributed by atoms with Gasteiger partial charge in [-0.15, -0.1) is 0 Å². The maximum Gasteiger partial charge on any atom is 0.246 e. The Morgan fingerprint density at radius 3 is 2.69 bits per heavy atom. The van der Waals surface area contributed by atoms with E-state index >= 15 is 0 Å². The van der Waals surface area contributed by atoms with Crippen molar-refractivity contribution in [2.45, 2.75) is 6.42 Å². The smallest absolute Gasteiger partial charge is 0.246 e. The van der Waals surface area contributed by atoms with Gasteiger partial charge in [0.2, 0.25) is 5.91 Å². The van der Waals surface area contributed by atoms with Crippen LogP contribution in [-0.4, -0.2) is 64.3 Å². The monoisotopic (exact) mass is 235 g/mol. The van der Waals surface area contributed by atoms with E-state index in [2.05, 4.69) is 5.32 Å². The van der Waals surface area contributed by atoms with Gasteiger partial charge in [-0.25, -0.2) is 0 Å². The average Bonchev–Trinajstić information content (AvgIpc) is 2.29. The number of carbonyl (C=O) groups excluding carboxylic acids is 1. The molecule has 16 heavy (non-hydrogen) atoms. The number of carbonyl (C=O) groups is 1. The number of rotatable bonds is 11. The summed E-state index contributed by atoms with van der Waals surface area (Å²) in [5.41, 5.74) is 0. The molecule has 0 aliphatic heterocycles. The molecule has 96 valence electrons. The van der Waals surface area contributed by atoms with E-state index in [4.69, 9.17) is 19.3 Å². The topological polar surface area (TPSA) is 77.0 Å². The minimum Gasteiger partial charge on any atom is -0.394 e. The second-order valence-corrected chi connectivity index (χ2v) is 3.08. The number of nitrogens with one attached hydrogen (secondary N) is 1. The number of hydrogen-bond acceptors (Lipinski definition) is 5. The minimum atomic E-state index is -0.140. The van der Waals surface area contributed by atoms with Crippen LogP contribution in [0.3, 0.4) is 0 Å². The molecular weight excluding hydrogens is 214 g/mol. The van der Waals surface area contributed by atoms with Crippen molar-refractivity contribution in [3.63, 3.8) is 0 Å². The lowest BCUT2D eigenvalue weighted by molar-refractivity contribution is -0.126. The fourth-order valence-electron chi connectivity index (χ4n) is 0.927. The third kappa shape index (κ3) is 11.4. The SMILES string of the molecule is COCCOCC(=O)NCCCOCCO. The molecule has 0 radical (unpaired) electrons. The lowest BCUT2D eigenvalue weighted by atomic mass is 10.4. The van der Waals surface area contributed by atoms with Gasteiger partial charge in [-0.1, -0.05) is 0 Å². The van der Waals surface area contributed by atoms with Crippen molar-refractivity contribution >= 4 is 5.91 Å². The van der Waals surface area contributed by atoms with Crippen molar-refractivity contribution in [3.8, 4) is 0 Å². The molecule has 0 unspecified atom stereocenters. The van der Waals surface area contributed by atoms with Crippen molar-refractivity contribution in [1.82, 2.24) is 5.32 Å². The van der Waals surface area contributed by atoms with Crippen LogP contribution in [0, 0.1) is 0 Å². The first-order valence-corrected chi connectivity index (χ1v) is 5.33. The summed E-state index contributed by atoms with van der Waals surface area (Å²) in [6.07, 6.45) is 0.726.